The quantitative estimate of drug-likeness (QED) is 0.286. The molecule has 0 saturated carbocycles. The minimum Gasteiger partial charge on any atom is -0.344 e. The summed E-state index contributed by atoms with van der Waals surface area (Å²) in [5.74, 6) is 0.791. The number of allylic oxidation sites excluding steroid dienone is 1. The number of carbonyl (C=O) groups is 1. The van der Waals surface area contributed by atoms with Crippen LogP contribution >= 0.6 is 22.6 Å². The number of hydrogen-bond donors (Lipinski definition) is 1. The highest BCUT2D eigenvalue weighted by molar-refractivity contribution is 14.1. The van der Waals surface area contributed by atoms with E-state index in [1.54, 1.807) is 0 Å². The van der Waals surface area contributed by atoms with Crippen LogP contribution in [0, 0.1) is 3.57 Å². The van der Waals surface area contributed by atoms with Gasteiger partial charge in [0.25, 0.3) is 0 Å². The molecular weight excluding hydrogens is 473 g/mol. The second-order valence-electron chi connectivity index (χ2n) is 7.08. The van der Waals surface area contributed by atoms with Crippen molar-refractivity contribution in [2.24, 2.45) is 0 Å². The van der Waals surface area contributed by atoms with Crippen molar-refractivity contribution < 1.29 is 4.79 Å². The number of halogens is 1. The molecule has 1 N–H and O–H groups in total. The summed E-state index contributed by atoms with van der Waals surface area (Å²) in [5, 5.41) is 3.52. The maximum Gasteiger partial charge on any atom is 0.209 e. The summed E-state index contributed by atoms with van der Waals surface area (Å²) >= 11 is 2.29. The Hall–Kier alpha value is -2.93. The number of nitrogens with zero attached hydrogens (tertiary/aromatic N) is 2. The van der Waals surface area contributed by atoms with Gasteiger partial charge in [0, 0.05) is 20.4 Å². The summed E-state index contributed by atoms with van der Waals surface area (Å²) < 4.78 is 3.21. The number of imidazole rings is 1. The molecule has 1 aromatic heterocycles. The lowest BCUT2D eigenvalue weighted by atomic mass is 9.89. The third-order valence-corrected chi connectivity index (χ3v) is 6.05. The number of hydrogen-bond acceptors (Lipinski definition) is 3. The van der Waals surface area contributed by atoms with Gasteiger partial charge in [0.05, 0.1) is 17.1 Å². The van der Waals surface area contributed by atoms with Gasteiger partial charge < -0.3 is 5.32 Å². The van der Waals surface area contributed by atoms with Crippen LogP contribution in [0.25, 0.3) is 16.7 Å². The van der Waals surface area contributed by atoms with E-state index >= 15 is 0 Å². The maximum absolute atomic E-state index is 13.6. The van der Waals surface area contributed by atoms with Crippen LogP contribution < -0.4 is 5.32 Å². The number of anilines is 1. The zero-order valence-electron chi connectivity index (χ0n) is 15.8. The zero-order valence-corrected chi connectivity index (χ0v) is 17.9. The fraction of sp³-hybridized carbons (Fsp3) is 0.0833. The van der Waals surface area contributed by atoms with Crippen molar-refractivity contribution in [1.82, 2.24) is 9.55 Å². The Morgan fingerprint density at radius 2 is 1.66 bits per heavy atom. The van der Waals surface area contributed by atoms with Gasteiger partial charge in [-0.15, -0.1) is 0 Å². The highest BCUT2D eigenvalue weighted by atomic mass is 127. The lowest BCUT2D eigenvalue weighted by Crippen LogP contribution is -2.27. The molecule has 0 bridgehead atoms. The standard InChI is InChI=1S/C24H18IN3O/c1-15-21(23(29)17-7-3-2-4-8-17)22(16-11-13-18(25)14-12-16)27-24-26-19-9-5-6-10-20(19)28(15)24/h2-14,22H,1H3,(H,26,27). The number of aromatic nitrogens is 2. The fourth-order valence-electron chi connectivity index (χ4n) is 3.94. The SMILES string of the molecule is CC1=C(C(=O)c2ccccc2)C(c2ccc(I)cc2)Nc2nc3ccccc3n21. The molecule has 29 heavy (non-hydrogen) atoms. The second-order valence-corrected chi connectivity index (χ2v) is 8.33. The molecule has 0 aliphatic carbocycles. The van der Waals surface area contributed by atoms with Gasteiger partial charge in [-0.2, -0.15) is 0 Å². The highest BCUT2D eigenvalue weighted by Gasteiger charge is 2.32. The van der Waals surface area contributed by atoms with E-state index in [-0.39, 0.29) is 11.8 Å². The molecule has 5 rings (SSSR count). The third kappa shape index (κ3) is 3.06. The fourth-order valence-corrected chi connectivity index (χ4v) is 4.30. The summed E-state index contributed by atoms with van der Waals surface area (Å²) in [7, 11) is 0. The monoisotopic (exact) mass is 491 g/mol. The van der Waals surface area contributed by atoms with Crippen molar-refractivity contribution >= 4 is 51.1 Å². The Morgan fingerprint density at radius 3 is 2.41 bits per heavy atom. The van der Waals surface area contributed by atoms with Gasteiger partial charge in [0.15, 0.2) is 5.78 Å². The smallest absolute Gasteiger partial charge is 0.209 e. The lowest BCUT2D eigenvalue weighted by molar-refractivity contribution is 0.102. The minimum atomic E-state index is -0.260. The van der Waals surface area contributed by atoms with Crippen molar-refractivity contribution in [3.63, 3.8) is 0 Å². The molecule has 5 heteroatoms. The van der Waals surface area contributed by atoms with Crippen molar-refractivity contribution in [1.29, 1.82) is 0 Å². The summed E-state index contributed by atoms with van der Waals surface area (Å²) in [6, 6.07) is 25.5. The molecule has 0 saturated heterocycles. The van der Waals surface area contributed by atoms with E-state index < -0.39 is 0 Å². The van der Waals surface area contributed by atoms with E-state index in [2.05, 4.69) is 56.7 Å². The largest absolute Gasteiger partial charge is 0.344 e. The lowest BCUT2D eigenvalue weighted by Gasteiger charge is -2.30. The van der Waals surface area contributed by atoms with Crippen molar-refractivity contribution in [2.75, 3.05) is 5.32 Å². The van der Waals surface area contributed by atoms with E-state index in [4.69, 9.17) is 4.98 Å². The molecule has 3 aromatic carbocycles. The first kappa shape index (κ1) is 18.1. The van der Waals surface area contributed by atoms with E-state index in [0.29, 0.717) is 5.56 Å². The Morgan fingerprint density at radius 1 is 0.966 bits per heavy atom. The second kappa shape index (κ2) is 7.15. The Kier molecular flexibility index (Phi) is 4.47. The van der Waals surface area contributed by atoms with E-state index in [0.717, 1.165) is 37.4 Å². The average Bonchev–Trinajstić information content (AvgIpc) is 3.13. The molecule has 0 radical (unpaired) electrons. The van der Waals surface area contributed by atoms with Crippen molar-refractivity contribution in [2.45, 2.75) is 13.0 Å². The number of nitrogens with one attached hydrogen (secondary N) is 1. The number of rotatable bonds is 3. The normalized spacial score (nSPS) is 15.9. The predicted molar refractivity (Wildman–Crippen MR) is 125 cm³/mol. The van der Waals surface area contributed by atoms with Gasteiger partial charge >= 0.3 is 0 Å². The topological polar surface area (TPSA) is 46.9 Å². The average molecular weight is 491 g/mol. The first-order valence-electron chi connectivity index (χ1n) is 9.44. The first-order chi connectivity index (χ1) is 14.1. The molecule has 142 valence electrons. The van der Waals surface area contributed by atoms with Gasteiger partial charge in [-0.05, 0) is 59.3 Å². The molecule has 4 aromatic rings. The zero-order chi connectivity index (χ0) is 20.0. The summed E-state index contributed by atoms with van der Waals surface area (Å²) in [6.45, 7) is 2.01. The molecule has 0 amide bonds. The molecule has 4 nitrogen and oxygen atoms in total. The number of ketones is 1. The molecule has 0 spiro atoms. The Bertz CT molecular complexity index is 1260. The van der Waals surface area contributed by atoms with Crippen LogP contribution in [0.4, 0.5) is 5.95 Å². The molecule has 1 unspecified atom stereocenters. The summed E-state index contributed by atoms with van der Waals surface area (Å²) in [5.41, 5.74) is 5.28. The Balaban J connectivity index is 1.75. The summed E-state index contributed by atoms with van der Waals surface area (Å²) in [6.07, 6.45) is 0. The van der Waals surface area contributed by atoms with Gasteiger partial charge in [-0.1, -0.05) is 54.6 Å². The van der Waals surface area contributed by atoms with Crippen LogP contribution in [0.2, 0.25) is 0 Å². The van der Waals surface area contributed by atoms with Crippen LogP contribution in [0.3, 0.4) is 0 Å². The van der Waals surface area contributed by atoms with Crippen molar-refractivity contribution in [3.8, 4) is 0 Å². The molecule has 2 heterocycles. The highest BCUT2D eigenvalue weighted by Crippen LogP contribution is 2.39. The Labute approximate surface area is 182 Å². The van der Waals surface area contributed by atoms with Crippen LogP contribution in [-0.4, -0.2) is 15.3 Å². The maximum atomic E-state index is 13.6. The third-order valence-electron chi connectivity index (χ3n) is 5.33. The molecular formula is C24H18IN3O. The number of Topliss-reactive ketones (excluding diaryl/α,β-unsaturated/α-hetero) is 1. The van der Waals surface area contributed by atoms with Crippen LogP contribution in [0.1, 0.15) is 28.9 Å². The van der Waals surface area contributed by atoms with Gasteiger partial charge in [0.1, 0.15) is 0 Å². The van der Waals surface area contributed by atoms with E-state index in [1.807, 2.05) is 61.5 Å². The predicted octanol–water partition coefficient (Wildman–Crippen LogP) is 5.92. The van der Waals surface area contributed by atoms with Gasteiger partial charge in [-0.3, -0.25) is 9.36 Å². The molecule has 1 aliphatic heterocycles. The minimum absolute atomic E-state index is 0.0302. The van der Waals surface area contributed by atoms with Crippen LogP contribution in [-0.2, 0) is 0 Å². The van der Waals surface area contributed by atoms with E-state index in [9.17, 15) is 4.79 Å². The number of carbonyl (C=O) groups excluding carboxylic acids is 1. The first-order valence-corrected chi connectivity index (χ1v) is 10.5. The van der Waals surface area contributed by atoms with Crippen molar-refractivity contribution in [3.05, 3.63) is 99.1 Å². The molecule has 0 fully saturated rings. The van der Waals surface area contributed by atoms with Crippen LogP contribution in [0.15, 0.2) is 84.4 Å². The van der Waals surface area contributed by atoms with E-state index in [1.165, 1.54) is 0 Å². The van der Waals surface area contributed by atoms with Crippen LogP contribution in [0.5, 0.6) is 0 Å². The summed E-state index contributed by atoms with van der Waals surface area (Å²) in [4.78, 5) is 18.4. The number of para-hydroxylation sites is 2. The van der Waals surface area contributed by atoms with Gasteiger partial charge in [-0.25, -0.2) is 4.98 Å². The van der Waals surface area contributed by atoms with Gasteiger partial charge in [0.2, 0.25) is 5.95 Å². The molecule has 1 atom stereocenters. The molecule has 1 aliphatic rings. The number of fused-ring (bicyclic) bond motifs is 3. The number of benzene rings is 3.